The molecule has 0 N–H and O–H groups in total. The molecule has 0 fully saturated rings. The Morgan fingerprint density at radius 1 is 1.50 bits per heavy atom. The van der Waals surface area contributed by atoms with Crippen LogP contribution in [-0.4, -0.2) is 36.4 Å². The van der Waals surface area contributed by atoms with Crippen molar-refractivity contribution in [2.24, 2.45) is 0 Å². The quantitative estimate of drug-likeness (QED) is 0.596. The maximum absolute atomic E-state index is 5.08. The third kappa shape index (κ3) is 3.16. The van der Waals surface area contributed by atoms with Crippen LogP contribution in [0, 0.1) is 0 Å². The second-order valence-corrected chi connectivity index (χ2v) is 3.70. The minimum atomic E-state index is 0. The van der Waals surface area contributed by atoms with Crippen molar-refractivity contribution in [2.45, 2.75) is 4.90 Å². The molecule has 0 bridgehead atoms. The monoisotopic (exact) mass is 258 g/mol. The molecule has 12 heavy (non-hydrogen) atoms. The summed E-state index contributed by atoms with van der Waals surface area (Å²) in [6.07, 6.45) is 2.04. The van der Waals surface area contributed by atoms with E-state index in [2.05, 4.69) is 15.9 Å². The number of ether oxygens (including phenoxy) is 1. The maximum atomic E-state index is 5.08. The van der Waals surface area contributed by atoms with Gasteiger partial charge < -0.3 is 7.59 Å². The van der Waals surface area contributed by atoms with Crippen molar-refractivity contribution in [3.8, 4) is 5.75 Å². The number of thioether (sulfide) groups is 1. The fourth-order valence-corrected chi connectivity index (χ4v) is 2.00. The molecule has 1 rings (SSSR count). The molecule has 0 aliphatic heterocycles. The average Bonchev–Trinajstić information content (AvgIpc) is 2.05. The Morgan fingerprint density at radius 2 is 2.17 bits per heavy atom. The Kier molecular flexibility index (Phi) is 6.44. The summed E-state index contributed by atoms with van der Waals surface area (Å²) in [4.78, 5) is 1.20. The van der Waals surface area contributed by atoms with E-state index in [1.165, 1.54) is 4.90 Å². The van der Waals surface area contributed by atoms with Gasteiger partial charge in [-0.05, 0) is 40.4 Å². The van der Waals surface area contributed by atoms with Crippen LogP contribution in [0.15, 0.2) is 27.6 Å². The zero-order chi connectivity index (χ0) is 8.27. The van der Waals surface area contributed by atoms with E-state index < -0.39 is 0 Å². The van der Waals surface area contributed by atoms with Crippen LogP contribution in [0.1, 0.15) is 2.85 Å². The number of rotatable bonds is 2. The van der Waals surface area contributed by atoms with Gasteiger partial charge in [0.05, 0.1) is 7.11 Å². The smallest absolute Gasteiger partial charge is 1.00 e. The fourth-order valence-electron chi connectivity index (χ4n) is 0.767. The summed E-state index contributed by atoms with van der Waals surface area (Å²) in [5, 5.41) is 0. The van der Waals surface area contributed by atoms with Crippen LogP contribution in [0.4, 0.5) is 0 Å². The second kappa shape index (κ2) is 6.13. The number of benzene rings is 1. The molecule has 0 atom stereocenters. The summed E-state index contributed by atoms with van der Waals surface area (Å²) in [6.45, 7) is 0. The molecule has 64 valence electrons. The summed E-state index contributed by atoms with van der Waals surface area (Å²) in [5.41, 5.74) is 0. The molecule has 0 radical (unpaired) electrons. The third-order valence-corrected chi connectivity index (χ3v) is 3.09. The molecule has 0 saturated heterocycles. The molecular formula is C8H11BrMgOS. The minimum absolute atomic E-state index is 0. The summed E-state index contributed by atoms with van der Waals surface area (Å²) >= 11 is 5.14. The molecule has 0 saturated carbocycles. The van der Waals surface area contributed by atoms with Gasteiger partial charge in [0, 0.05) is 9.37 Å². The predicted octanol–water partition coefficient (Wildman–Crippen LogP) is 3.02. The molecule has 1 nitrogen and oxygen atoms in total. The van der Waals surface area contributed by atoms with Crippen LogP contribution in [0.5, 0.6) is 5.75 Å². The van der Waals surface area contributed by atoms with Crippen molar-refractivity contribution < 1.29 is 7.59 Å². The van der Waals surface area contributed by atoms with E-state index >= 15 is 0 Å². The topological polar surface area (TPSA) is 9.23 Å². The summed E-state index contributed by atoms with van der Waals surface area (Å²) in [6, 6.07) is 5.93. The zero-order valence-electron chi connectivity index (χ0n) is 9.13. The predicted molar refractivity (Wildman–Crippen MR) is 60.5 cm³/mol. The van der Waals surface area contributed by atoms with Crippen LogP contribution in [0.3, 0.4) is 0 Å². The molecule has 0 amide bonds. The fraction of sp³-hybridized carbons (Fsp3) is 0.250. The minimum Gasteiger partial charge on any atom is -1.00 e. The summed E-state index contributed by atoms with van der Waals surface area (Å²) in [5.74, 6) is 0.901. The van der Waals surface area contributed by atoms with Gasteiger partial charge in [-0.3, -0.25) is 0 Å². The first-order chi connectivity index (χ1) is 5.27. The average molecular weight is 259 g/mol. The molecule has 0 aromatic heterocycles. The van der Waals surface area contributed by atoms with Crippen molar-refractivity contribution in [3.05, 3.63) is 22.7 Å². The normalized spacial score (nSPS) is 8.92. The van der Waals surface area contributed by atoms with Crippen molar-refractivity contribution in [2.75, 3.05) is 13.4 Å². The first kappa shape index (κ1) is 12.6. The first-order valence-corrected chi connectivity index (χ1v) is 5.17. The Morgan fingerprint density at radius 3 is 2.67 bits per heavy atom. The number of halogens is 1. The van der Waals surface area contributed by atoms with Gasteiger partial charge in [-0.1, -0.05) is 0 Å². The zero-order valence-corrected chi connectivity index (χ0v) is 11.0. The number of hydrogen-bond acceptors (Lipinski definition) is 2. The van der Waals surface area contributed by atoms with Gasteiger partial charge in [-0.25, -0.2) is 0 Å². The SMILES string of the molecule is COc1ccc(Br)c(SC)c1.[H-].[H-].[Mg+2]. The van der Waals surface area contributed by atoms with Crippen LogP contribution in [0.25, 0.3) is 0 Å². The van der Waals surface area contributed by atoms with Gasteiger partial charge in [0.15, 0.2) is 0 Å². The van der Waals surface area contributed by atoms with E-state index in [1.807, 2.05) is 24.5 Å². The van der Waals surface area contributed by atoms with Gasteiger partial charge in [0.25, 0.3) is 0 Å². The first-order valence-electron chi connectivity index (χ1n) is 3.15. The van der Waals surface area contributed by atoms with Gasteiger partial charge in [0.1, 0.15) is 5.75 Å². The van der Waals surface area contributed by atoms with E-state index in [1.54, 1.807) is 18.9 Å². The van der Waals surface area contributed by atoms with Crippen molar-refractivity contribution in [3.63, 3.8) is 0 Å². The van der Waals surface area contributed by atoms with Gasteiger partial charge >= 0.3 is 23.1 Å². The molecule has 0 spiro atoms. The van der Waals surface area contributed by atoms with E-state index in [0.29, 0.717) is 0 Å². The van der Waals surface area contributed by atoms with Gasteiger partial charge in [-0.2, -0.15) is 0 Å². The Balaban J connectivity index is -0.000000403. The maximum Gasteiger partial charge on any atom is 2.00 e. The molecule has 0 aliphatic carbocycles. The largest absolute Gasteiger partial charge is 2.00 e. The van der Waals surface area contributed by atoms with Crippen LogP contribution < -0.4 is 4.74 Å². The van der Waals surface area contributed by atoms with Crippen molar-refractivity contribution in [1.82, 2.24) is 0 Å². The van der Waals surface area contributed by atoms with E-state index in [0.717, 1.165) is 10.2 Å². The molecule has 0 unspecified atom stereocenters. The van der Waals surface area contributed by atoms with Gasteiger partial charge in [0.2, 0.25) is 0 Å². The third-order valence-electron chi connectivity index (χ3n) is 1.36. The molecule has 1 aromatic carbocycles. The molecular weight excluding hydrogens is 248 g/mol. The summed E-state index contributed by atoms with van der Waals surface area (Å²) < 4.78 is 6.19. The summed E-state index contributed by atoms with van der Waals surface area (Å²) in [7, 11) is 1.67. The van der Waals surface area contributed by atoms with Gasteiger partial charge in [-0.15, -0.1) is 11.8 Å². The van der Waals surface area contributed by atoms with E-state index in [-0.39, 0.29) is 25.9 Å². The standard InChI is InChI=1S/C8H9BrOS.Mg.2H/c1-10-6-3-4-7(9)8(5-6)11-2;;;/h3-5H,1-2H3;;;/q;+2;2*-1. The van der Waals surface area contributed by atoms with Crippen LogP contribution in [-0.2, 0) is 0 Å². The number of methoxy groups -OCH3 is 1. The molecule has 4 heteroatoms. The Bertz CT molecular complexity index is 263. The molecule has 0 heterocycles. The number of hydrogen-bond donors (Lipinski definition) is 0. The van der Waals surface area contributed by atoms with E-state index in [9.17, 15) is 0 Å². The van der Waals surface area contributed by atoms with Crippen molar-refractivity contribution in [1.29, 1.82) is 0 Å². The molecule has 0 aliphatic rings. The Hall–Kier alpha value is 0.616. The Labute approximate surface area is 105 Å². The van der Waals surface area contributed by atoms with E-state index in [4.69, 9.17) is 4.74 Å². The van der Waals surface area contributed by atoms with Crippen LogP contribution >= 0.6 is 27.7 Å². The second-order valence-electron chi connectivity index (χ2n) is 2.00. The van der Waals surface area contributed by atoms with Crippen LogP contribution in [0.2, 0.25) is 0 Å². The van der Waals surface area contributed by atoms with Crippen molar-refractivity contribution >= 4 is 50.7 Å². The molecule has 1 aromatic rings.